The summed E-state index contributed by atoms with van der Waals surface area (Å²) in [6.45, 7) is 11.1. The molecular formula is C22H31N3O2. The molecule has 1 aromatic carbocycles. The molecule has 5 nitrogen and oxygen atoms in total. The number of pyridine rings is 1. The van der Waals surface area contributed by atoms with Gasteiger partial charge in [-0.05, 0) is 66.9 Å². The molecule has 27 heavy (non-hydrogen) atoms. The van der Waals surface area contributed by atoms with E-state index in [4.69, 9.17) is 9.47 Å². The summed E-state index contributed by atoms with van der Waals surface area (Å²) in [7, 11) is 1.71. The van der Waals surface area contributed by atoms with E-state index < -0.39 is 0 Å². The van der Waals surface area contributed by atoms with Gasteiger partial charge in [0.15, 0.2) is 11.5 Å². The van der Waals surface area contributed by atoms with Crippen LogP contribution in [0.2, 0.25) is 0 Å². The lowest BCUT2D eigenvalue weighted by Gasteiger charge is -2.29. The Morgan fingerprint density at radius 1 is 1.19 bits per heavy atom. The average Bonchev–Trinajstić information content (AvgIpc) is 2.70. The van der Waals surface area contributed by atoms with E-state index in [0.717, 1.165) is 44.1 Å². The van der Waals surface area contributed by atoms with Crippen molar-refractivity contribution in [2.75, 3.05) is 39.9 Å². The minimum atomic E-state index is 0.160. The van der Waals surface area contributed by atoms with E-state index in [2.05, 4.69) is 54.2 Å². The molecule has 1 aliphatic rings. The molecule has 146 valence electrons. The first kappa shape index (κ1) is 19.6. The van der Waals surface area contributed by atoms with Crippen molar-refractivity contribution in [1.82, 2.24) is 15.2 Å². The minimum Gasteiger partial charge on any atom is -0.493 e. The van der Waals surface area contributed by atoms with Crippen LogP contribution in [0.1, 0.15) is 42.1 Å². The molecule has 0 spiro atoms. The normalized spacial score (nSPS) is 16.3. The van der Waals surface area contributed by atoms with Gasteiger partial charge in [0.1, 0.15) is 6.61 Å². The number of hydrogen-bond acceptors (Lipinski definition) is 5. The maximum absolute atomic E-state index is 6.14. The second kappa shape index (κ2) is 9.20. The van der Waals surface area contributed by atoms with Crippen molar-refractivity contribution in [3.05, 3.63) is 52.8 Å². The fraction of sp³-hybridized carbons (Fsp3) is 0.500. The molecule has 1 unspecified atom stereocenters. The second-order valence-electron chi connectivity index (χ2n) is 6.95. The summed E-state index contributed by atoms with van der Waals surface area (Å²) in [5.41, 5.74) is 5.06. The molecule has 0 radical (unpaired) electrons. The Balaban J connectivity index is 1.88. The van der Waals surface area contributed by atoms with Crippen LogP contribution in [0.4, 0.5) is 0 Å². The highest BCUT2D eigenvalue weighted by Crippen LogP contribution is 2.38. The number of benzene rings is 1. The first-order chi connectivity index (χ1) is 13.2. The Hall–Kier alpha value is -2.11. The van der Waals surface area contributed by atoms with Gasteiger partial charge >= 0.3 is 0 Å². The van der Waals surface area contributed by atoms with Gasteiger partial charge in [-0.2, -0.15) is 0 Å². The molecule has 2 aromatic rings. The van der Waals surface area contributed by atoms with E-state index in [0.29, 0.717) is 6.61 Å². The zero-order valence-electron chi connectivity index (χ0n) is 16.9. The fourth-order valence-electron chi connectivity index (χ4n) is 3.75. The molecule has 2 heterocycles. The Kier molecular flexibility index (Phi) is 6.69. The van der Waals surface area contributed by atoms with E-state index in [1.54, 1.807) is 7.11 Å². The van der Waals surface area contributed by atoms with E-state index in [-0.39, 0.29) is 6.04 Å². The molecule has 0 saturated heterocycles. The zero-order valence-corrected chi connectivity index (χ0v) is 16.9. The molecule has 0 aliphatic carbocycles. The monoisotopic (exact) mass is 369 g/mol. The lowest BCUT2D eigenvalue weighted by atomic mass is 9.88. The first-order valence-corrected chi connectivity index (χ1v) is 9.87. The Morgan fingerprint density at radius 3 is 2.70 bits per heavy atom. The van der Waals surface area contributed by atoms with Crippen LogP contribution in [-0.2, 0) is 6.42 Å². The van der Waals surface area contributed by atoms with Gasteiger partial charge in [0, 0.05) is 25.5 Å². The first-order valence-electron chi connectivity index (χ1n) is 9.87. The number of rotatable bonds is 8. The quantitative estimate of drug-likeness (QED) is 0.773. The third kappa shape index (κ3) is 4.42. The Labute approximate surface area is 162 Å². The molecule has 1 aliphatic heterocycles. The Morgan fingerprint density at radius 2 is 2.00 bits per heavy atom. The number of methoxy groups -OCH3 is 1. The van der Waals surface area contributed by atoms with Gasteiger partial charge in [-0.3, -0.25) is 4.98 Å². The molecule has 0 amide bonds. The lowest BCUT2D eigenvalue weighted by molar-refractivity contribution is 0.217. The van der Waals surface area contributed by atoms with E-state index >= 15 is 0 Å². The van der Waals surface area contributed by atoms with Crippen molar-refractivity contribution >= 4 is 0 Å². The van der Waals surface area contributed by atoms with Crippen LogP contribution >= 0.6 is 0 Å². The van der Waals surface area contributed by atoms with Gasteiger partial charge in [-0.1, -0.05) is 13.8 Å². The average molecular weight is 370 g/mol. The Bertz CT molecular complexity index is 759. The third-order valence-corrected chi connectivity index (χ3v) is 5.41. The summed E-state index contributed by atoms with van der Waals surface area (Å²) in [5, 5.41) is 3.66. The highest BCUT2D eigenvalue weighted by Gasteiger charge is 2.25. The predicted octanol–water partition coefficient (Wildman–Crippen LogP) is 3.35. The van der Waals surface area contributed by atoms with Gasteiger partial charge < -0.3 is 19.7 Å². The van der Waals surface area contributed by atoms with Gasteiger partial charge in [-0.25, -0.2) is 0 Å². The lowest BCUT2D eigenvalue weighted by Crippen LogP contribution is -2.31. The second-order valence-corrected chi connectivity index (χ2v) is 6.95. The summed E-state index contributed by atoms with van der Waals surface area (Å²) in [6, 6.07) is 6.57. The van der Waals surface area contributed by atoms with Crippen LogP contribution < -0.4 is 14.8 Å². The van der Waals surface area contributed by atoms with E-state index in [1.165, 1.54) is 22.3 Å². The molecule has 0 bridgehead atoms. The molecule has 5 heteroatoms. The standard InChI is InChI=1S/C22H31N3O2/c1-5-25(6-2)11-12-27-21-14-19-17(13-20(21)26-4)7-10-24-22(19)18-8-9-23-15-16(18)3/h8-9,13-15,22,24H,5-7,10-12H2,1-4H3. The SMILES string of the molecule is CCN(CC)CCOc1cc2c(cc1OC)CCNC2c1ccncc1C. The fourth-order valence-corrected chi connectivity index (χ4v) is 3.75. The van der Waals surface area contributed by atoms with Gasteiger partial charge in [0.2, 0.25) is 0 Å². The topological polar surface area (TPSA) is 46.6 Å². The predicted molar refractivity (Wildman–Crippen MR) is 109 cm³/mol. The van der Waals surface area contributed by atoms with Crippen LogP contribution in [0.5, 0.6) is 11.5 Å². The molecule has 0 fully saturated rings. The third-order valence-electron chi connectivity index (χ3n) is 5.41. The summed E-state index contributed by atoms with van der Waals surface area (Å²) in [6.07, 6.45) is 4.78. The summed E-state index contributed by atoms with van der Waals surface area (Å²) >= 11 is 0. The van der Waals surface area contributed by atoms with Crippen molar-refractivity contribution in [3.63, 3.8) is 0 Å². The van der Waals surface area contributed by atoms with Gasteiger partial charge in [0.05, 0.1) is 13.2 Å². The largest absolute Gasteiger partial charge is 0.493 e. The van der Waals surface area contributed by atoms with Crippen molar-refractivity contribution in [3.8, 4) is 11.5 Å². The summed E-state index contributed by atoms with van der Waals surface area (Å²) in [4.78, 5) is 6.59. The highest BCUT2D eigenvalue weighted by atomic mass is 16.5. The zero-order chi connectivity index (χ0) is 19.2. The van der Waals surface area contributed by atoms with Crippen LogP contribution in [0, 0.1) is 6.92 Å². The molecule has 1 aromatic heterocycles. The van der Waals surface area contributed by atoms with Crippen LogP contribution in [0.25, 0.3) is 0 Å². The number of ether oxygens (including phenoxy) is 2. The highest BCUT2D eigenvalue weighted by molar-refractivity contribution is 5.52. The van der Waals surface area contributed by atoms with Crippen molar-refractivity contribution < 1.29 is 9.47 Å². The van der Waals surface area contributed by atoms with Crippen molar-refractivity contribution in [2.45, 2.75) is 33.2 Å². The number of nitrogens with zero attached hydrogens (tertiary/aromatic N) is 2. The van der Waals surface area contributed by atoms with Crippen LogP contribution in [0.15, 0.2) is 30.6 Å². The number of nitrogens with one attached hydrogen (secondary N) is 1. The number of aryl methyl sites for hydroxylation is 1. The van der Waals surface area contributed by atoms with Gasteiger partial charge in [-0.15, -0.1) is 0 Å². The maximum atomic E-state index is 6.14. The van der Waals surface area contributed by atoms with Crippen molar-refractivity contribution in [1.29, 1.82) is 0 Å². The number of likely N-dealkylation sites (N-methyl/N-ethyl adjacent to an activating group) is 1. The molecule has 0 saturated carbocycles. The van der Waals surface area contributed by atoms with E-state index in [1.807, 2.05) is 12.4 Å². The summed E-state index contributed by atoms with van der Waals surface area (Å²) < 4.78 is 11.8. The molecule has 3 rings (SSSR count). The molecule has 1 N–H and O–H groups in total. The van der Waals surface area contributed by atoms with Crippen molar-refractivity contribution in [2.24, 2.45) is 0 Å². The van der Waals surface area contributed by atoms with E-state index in [9.17, 15) is 0 Å². The smallest absolute Gasteiger partial charge is 0.161 e. The van der Waals surface area contributed by atoms with Crippen LogP contribution in [-0.4, -0.2) is 49.8 Å². The molecule has 1 atom stereocenters. The number of fused-ring (bicyclic) bond motifs is 1. The summed E-state index contributed by atoms with van der Waals surface area (Å²) in [5.74, 6) is 1.64. The maximum Gasteiger partial charge on any atom is 0.161 e. The molecular weight excluding hydrogens is 338 g/mol. The minimum absolute atomic E-state index is 0.160. The van der Waals surface area contributed by atoms with Gasteiger partial charge in [0.25, 0.3) is 0 Å². The van der Waals surface area contributed by atoms with Crippen LogP contribution in [0.3, 0.4) is 0 Å². The number of hydrogen-bond donors (Lipinski definition) is 1. The number of aromatic nitrogens is 1.